The van der Waals surface area contributed by atoms with Crippen molar-refractivity contribution in [3.8, 4) is 5.75 Å². The van der Waals surface area contributed by atoms with E-state index in [0.29, 0.717) is 18.1 Å². The number of anilines is 1. The minimum Gasteiger partial charge on any atom is -0.480 e. The second kappa shape index (κ2) is 6.78. The van der Waals surface area contributed by atoms with Gasteiger partial charge in [-0.3, -0.25) is 14.5 Å². The van der Waals surface area contributed by atoms with Gasteiger partial charge in [0.25, 0.3) is 5.91 Å². The number of rotatable bonds is 3. The lowest BCUT2D eigenvalue weighted by atomic mass is 9.99. The van der Waals surface area contributed by atoms with Crippen LogP contribution in [0.5, 0.6) is 5.75 Å². The van der Waals surface area contributed by atoms with Gasteiger partial charge in [0.05, 0.1) is 6.04 Å². The first kappa shape index (κ1) is 16.6. The van der Waals surface area contributed by atoms with Crippen molar-refractivity contribution in [1.29, 1.82) is 0 Å². The Hall–Kier alpha value is -2.90. The van der Waals surface area contributed by atoms with Crippen LogP contribution in [0.15, 0.2) is 28.9 Å². The molecule has 136 valence electrons. The molecule has 8 nitrogen and oxygen atoms in total. The van der Waals surface area contributed by atoms with E-state index >= 15 is 0 Å². The third-order valence-corrected chi connectivity index (χ3v) is 4.76. The molecule has 0 N–H and O–H groups in total. The molecule has 0 unspecified atom stereocenters. The summed E-state index contributed by atoms with van der Waals surface area (Å²) in [6.07, 6.45) is 4.38. The zero-order valence-corrected chi connectivity index (χ0v) is 14.6. The third kappa shape index (κ3) is 3.02. The predicted octanol–water partition coefficient (Wildman–Crippen LogP) is 1.86. The molecule has 2 aromatic heterocycles. The molecule has 2 aliphatic heterocycles. The first-order valence-corrected chi connectivity index (χ1v) is 8.74. The van der Waals surface area contributed by atoms with Gasteiger partial charge in [-0.05, 0) is 38.3 Å². The summed E-state index contributed by atoms with van der Waals surface area (Å²) in [5.41, 5.74) is 0.766. The van der Waals surface area contributed by atoms with Crippen LogP contribution in [0, 0.1) is 6.92 Å². The number of piperidine rings is 1. The number of hydrogen-bond acceptors (Lipinski definition) is 6. The fourth-order valence-electron chi connectivity index (χ4n) is 3.50. The standard InChI is InChI=1S/C18H20N4O4/c1-12-9-13(20-26-12)14-5-2-3-8-21(14)16(23)10-22-17(24)11-25-15-6-4-7-19-18(15)22/h4,6-7,9,14H,2-3,5,8,10-11H2,1H3/t14-/m0/s1. The van der Waals surface area contributed by atoms with Crippen LogP contribution in [0.1, 0.15) is 36.8 Å². The molecule has 2 aromatic rings. The molecule has 26 heavy (non-hydrogen) atoms. The van der Waals surface area contributed by atoms with Crippen molar-refractivity contribution >= 4 is 17.6 Å². The van der Waals surface area contributed by atoms with E-state index in [1.807, 2.05) is 13.0 Å². The highest BCUT2D eigenvalue weighted by Gasteiger charge is 2.34. The van der Waals surface area contributed by atoms with Crippen LogP contribution < -0.4 is 9.64 Å². The Kier molecular flexibility index (Phi) is 4.32. The van der Waals surface area contributed by atoms with Crippen molar-refractivity contribution in [2.45, 2.75) is 32.2 Å². The summed E-state index contributed by atoms with van der Waals surface area (Å²) in [5.74, 6) is 1.24. The Labute approximate surface area is 150 Å². The first-order valence-electron chi connectivity index (χ1n) is 8.74. The van der Waals surface area contributed by atoms with E-state index in [-0.39, 0.29) is 31.0 Å². The fraction of sp³-hybridized carbons (Fsp3) is 0.444. The number of aromatic nitrogens is 2. The molecule has 4 rings (SSSR count). The molecule has 0 saturated carbocycles. The fourth-order valence-corrected chi connectivity index (χ4v) is 3.50. The Morgan fingerprint density at radius 3 is 3.08 bits per heavy atom. The molecule has 0 aromatic carbocycles. The second-order valence-corrected chi connectivity index (χ2v) is 6.55. The van der Waals surface area contributed by atoms with Crippen molar-refractivity contribution in [2.75, 3.05) is 24.6 Å². The van der Waals surface area contributed by atoms with Gasteiger partial charge in [-0.1, -0.05) is 5.16 Å². The van der Waals surface area contributed by atoms with E-state index in [1.54, 1.807) is 23.2 Å². The molecule has 1 fully saturated rings. The number of amides is 2. The van der Waals surface area contributed by atoms with E-state index in [0.717, 1.165) is 30.7 Å². The van der Waals surface area contributed by atoms with Crippen LogP contribution in [0.4, 0.5) is 5.82 Å². The van der Waals surface area contributed by atoms with Gasteiger partial charge in [0.15, 0.2) is 18.2 Å². The maximum atomic E-state index is 13.0. The number of nitrogens with zero attached hydrogens (tertiary/aromatic N) is 4. The molecule has 0 spiro atoms. The number of pyridine rings is 1. The van der Waals surface area contributed by atoms with Crippen molar-refractivity contribution in [2.24, 2.45) is 0 Å². The predicted molar refractivity (Wildman–Crippen MR) is 91.6 cm³/mol. The number of fused-ring (bicyclic) bond motifs is 1. The van der Waals surface area contributed by atoms with Gasteiger partial charge in [-0.2, -0.15) is 0 Å². The minimum atomic E-state index is -0.268. The van der Waals surface area contributed by atoms with Crippen LogP contribution in [0.3, 0.4) is 0 Å². The Morgan fingerprint density at radius 1 is 1.38 bits per heavy atom. The van der Waals surface area contributed by atoms with Gasteiger partial charge < -0.3 is 14.2 Å². The summed E-state index contributed by atoms with van der Waals surface area (Å²) < 4.78 is 10.6. The molecule has 2 amide bonds. The number of carbonyl (C=O) groups excluding carboxylic acids is 2. The highest BCUT2D eigenvalue weighted by atomic mass is 16.5. The average Bonchev–Trinajstić information content (AvgIpc) is 3.10. The number of aryl methyl sites for hydroxylation is 1. The Morgan fingerprint density at radius 2 is 2.27 bits per heavy atom. The molecule has 1 saturated heterocycles. The van der Waals surface area contributed by atoms with Crippen molar-refractivity contribution < 1.29 is 18.8 Å². The lowest BCUT2D eigenvalue weighted by Gasteiger charge is -2.36. The van der Waals surface area contributed by atoms with Crippen LogP contribution in [-0.2, 0) is 9.59 Å². The molecule has 0 radical (unpaired) electrons. The van der Waals surface area contributed by atoms with E-state index in [1.165, 1.54) is 4.90 Å². The maximum absolute atomic E-state index is 13.0. The third-order valence-electron chi connectivity index (χ3n) is 4.76. The summed E-state index contributed by atoms with van der Waals surface area (Å²) in [4.78, 5) is 32.7. The molecule has 0 aliphatic carbocycles. The molecular formula is C18H20N4O4. The highest BCUT2D eigenvalue weighted by molar-refractivity contribution is 6.01. The number of ether oxygens (including phenoxy) is 1. The molecule has 1 atom stereocenters. The Bertz CT molecular complexity index is 834. The number of carbonyl (C=O) groups is 2. The molecule has 8 heteroatoms. The van der Waals surface area contributed by atoms with Gasteiger partial charge in [-0.25, -0.2) is 4.98 Å². The van der Waals surface area contributed by atoms with Crippen LogP contribution in [0.25, 0.3) is 0 Å². The molecule has 0 bridgehead atoms. The van der Waals surface area contributed by atoms with Crippen molar-refractivity contribution in [3.63, 3.8) is 0 Å². The van der Waals surface area contributed by atoms with Gasteiger partial charge in [-0.15, -0.1) is 0 Å². The minimum absolute atomic E-state index is 0.0560. The largest absolute Gasteiger partial charge is 0.480 e. The lowest BCUT2D eigenvalue weighted by molar-refractivity contribution is -0.135. The molecular weight excluding hydrogens is 336 g/mol. The van der Waals surface area contributed by atoms with E-state index < -0.39 is 0 Å². The zero-order valence-electron chi connectivity index (χ0n) is 14.6. The monoisotopic (exact) mass is 356 g/mol. The molecule has 2 aliphatic rings. The van der Waals surface area contributed by atoms with Crippen LogP contribution in [0.2, 0.25) is 0 Å². The average molecular weight is 356 g/mol. The van der Waals surface area contributed by atoms with Gasteiger partial charge in [0, 0.05) is 18.8 Å². The lowest BCUT2D eigenvalue weighted by Crippen LogP contribution is -2.48. The zero-order chi connectivity index (χ0) is 18.1. The SMILES string of the molecule is Cc1cc([C@@H]2CCCCN2C(=O)CN2C(=O)COc3cccnc32)no1. The van der Waals surface area contributed by atoms with Crippen LogP contribution >= 0.6 is 0 Å². The topological polar surface area (TPSA) is 88.8 Å². The van der Waals surface area contributed by atoms with Gasteiger partial charge >= 0.3 is 0 Å². The molecule has 4 heterocycles. The number of hydrogen-bond donors (Lipinski definition) is 0. The summed E-state index contributed by atoms with van der Waals surface area (Å²) in [6.45, 7) is 2.33. The van der Waals surface area contributed by atoms with Crippen molar-refractivity contribution in [3.05, 3.63) is 35.9 Å². The highest BCUT2D eigenvalue weighted by Crippen LogP contribution is 2.32. The maximum Gasteiger partial charge on any atom is 0.266 e. The summed E-state index contributed by atoms with van der Waals surface area (Å²) in [7, 11) is 0. The van der Waals surface area contributed by atoms with E-state index in [9.17, 15) is 9.59 Å². The summed E-state index contributed by atoms with van der Waals surface area (Å²) in [6, 6.07) is 5.23. The number of likely N-dealkylation sites (tertiary alicyclic amines) is 1. The second-order valence-electron chi connectivity index (χ2n) is 6.55. The van der Waals surface area contributed by atoms with Crippen molar-refractivity contribution in [1.82, 2.24) is 15.0 Å². The van der Waals surface area contributed by atoms with Gasteiger partial charge in [0.1, 0.15) is 18.0 Å². The smallest absolute Gasteiger partial charge is 0.266 e. The first-order chi connectivity index (χ1) is 12.6. The van der Waals surface area contributed by atoms with Gasteiger partial charge in [0.2, 0.25) is 5.91 Å². The van der Waals surface area contributed by atoms with Crippen LogP contribution in [-0.4, -0.2) is 46.6 Å². The van der Waals surface area contributed by atoms with E-state index in [2.05, 4.69) is 10.1 Å². The summed E-state index contributed by atoms with van der Waals surface area (Å²) >= 11 is 0. The Balaban J connectivity index is 1.56. The summed E-state index contributed by atoms with van der Waals surface area (Å²) in [5, 5.41) is 4.09. The normalized spacial score (nSPS) is 19.9. The van der Waals surface area contributed by atoms with E-state index in [4.69, 9.17) is 9.26 Å². The quantitative estimate of drug-likeness (QED) is 0.834.